The Kier molecular flexibility index (Phi) is 13.4. The first-order valence-electron chi connectivity index (χ1n) is 32.0. The molecule has 11 aromatic carbocycles. The summed E-state index contributed by atoms with van der Waals surface area (Å²) in [4.78, 5) is 16.9. The molecule has 0 fully saturated rings. The Balaban J connectivity index is 1.04. The van der Waals surface area contributed by atoms with Gasteiger partial charge in [0.2, 0.25) is 0 Å². The molecule has 15 aromatic rings. The molecule has 0 bridgehead atoms. The Labute approximate surface area is 533 Å². The van der Waals surface area contributed by atoms with Crippen LogP contribution in [0, 0.1) is 0 Å². The summed E-state index contributed by atoms with van der Waals surface area (Å²) < 4.78 is 11.8. The largest absolute Gasteiger partial charge is 0.455 e. The van der Waals surface area contributed by atoms with Gasteiger partial charge in [-0.15, -0.1) is 0 Å². The minimum absolute atomic E-state index is 0.136. The predicted molar refractivity (Wildman–Crippen MR) is 383 cm³/mol. The lowest BCUT2D eigenvalue weighted by Crippen LogP contribution is -2.17. The molecule has 0 N–H and O–H groups in total. The summed E-state index contributed by atoms with van der Waals surface area (Å²) in [5, 5.41) is 6.74. The zero-order valence-electron chi connectivity index (χ0n) is 54.2. The average Bonchev–Trinajstić information content (AvgIpc) is 1.57. The third-order valence-electron chi connectivity index (χ3n) is 18.6. The lowest BCUT2D eigenvalue weighted by molar-refractivity contribution is 0.568. The van der Waals surface area contributed by atoms with Crippen LogP contribution in [-0.2, 0) is 21.7 Å². The smallest absolute Gasteiger partial charge is 0.164 e. The van der Waals surface area contributed by atoms with Gasteiger partial charge in [-0.1, -0.05) is 223 Å². The van der Waals surface area contributed by atoms with Crippen LogP contribution in [0.5, 0.6) is 0 Å². The number of hydrogen-bond acceptors (Lipinski definition) is 4. The van der Waals surface area contributed by atoms with Crippen molar-refractivity contribution < 1.29 is 4.42 Å². The van der Waals surface area contributed by atoms with Crippen molar-refractivity contribution in [1.82, 2.24) is 24.1 Å². The van der Waals surface area contributed by atoms with E-state index in [1.54, 1.807) is 0 Å². The maximum absolute atomic E-state index is 6.87. The summed E-state index contributed by atoms with van der Waals surface area (Å²) >= 11 is 0. The van der Waals surface area contributed by atoms with Gasteiger partial charge in [0.15, 0.2) is 17.5 Å². The first-order valence-corrected chi connectivity index (χ1v) is 32.0. The number of para-hydroxylation sites is 3. The van der Waals surface area contributed by atoms with Crippen molar-refractivity contribution in [2.24, 2.45) is 0 Å². The summed E-state index contributed by atoms with van der Waals surface area (Å²) in [6.07, 6.45) is 0. The first-order chi connectivity index (χ1) is 43.6. The number of hydrogen-bond donors (Lipinski definition) is 0. The molecule has 0 spiro atoms. The molecule has 0 aliphatic heterocycles. The lowest BCUT2D eigenvalue weighted by Gasteiger charge is -2.26. The van der Waals surface area contributed by atoms with Crippen molar-refractivity contribution in [3.63, 3.8) is 0 Å². The summed E-state index contributed by atoms with van der Waals surface area (Å²) in [5.41, 5.74) is 22.1. The highest BCUT2D eigenvalue weighted by atomic mass is 16.3. The zero-order chi connectivity index (χ0) is 62.9. The van der Waals surface area contributed by atoms with E-state index in [-0.39, 0.29) is 21.7 Å². The highest BCUT2D eigenvalue weighted by Crippen LogP contribution is 2.47. The monoisotopic (exact) mass is 1180 g/mol. The molecule has 446 valence electrons. The van der Waals surface area contributed by atoms with E-state index in [4.69, 9.17) is 19.4 Å². The molecule has 0 aliphatic rings. The highest BCUT2D eigenvalue weighted by Gasteiger charge is 2.28. The van der Waals surface area contributed by atoms with Crippen molar-refractivity contribution in [2.75, 3.05) is 0 Å². The van der Waals surface area contributed by atoms with Crippen molar-refractivity contribution in [1.29, 1.82) is 0 Å². The highest BCUT2D eigenvalue weighted by molar-refractivity contribution is 6.24. The van der Waals surface area contributed by atoms with Gasteiger partial charge in [0.25, 0.3) is 0 Å². The molecule has 0 aliphatic carbocycles. The fraction of sp³-hybridized carbons (Fsp3) is 0.188. The number of nitrogens with zero attached hydrogens (tertiary/aromatic N) is 5. The van der Waals surface area contributed by atoms with Gasteiger partial charge >= 0.3 is 0 Å². The molecule has 0 atom stereocenters. The fourth-order valence-corrected chi connectivity index (χ4v) is 13.4. The van der Waals surface area contributed by atoms with Crippen LogP contribution in [0.3, 0.4) is 0 Å². The van der Waals surface area contributed by atoms with Crippen molar-refractivity contribution >= 4 is 65.6 Å². The third kappa shape index (κ3) is 10.1. The molecular weight excluding hydrogens is 1110 g/mol. The lowest BCUT2D eigenvalue weighted by atomic mass is 9.79. The van der Waals surface area contributed by atoms with E-state index >= 15 is 0 Å². The molecular formula is C85H75N5O. The Morgan fingerprint density at radius 2 is 0.692 bits per heavy atom. The average molecular weight is 1180 g/mol. The Hall–Kier alpha value is -10.2. The molecule has 0 radical (unpaired) electrons. The maximum atomic E-state index is 6.87. The number of fused-ring (bicyclic) bond motifs is 10. The minimum atomic E-state index is -0.136. The van der Waals surface area contributed by atoms with E-state index < -0.39 is 0 Å². The molecule has 15 rings (SSSR count). The number of furan rings is 1. The van der Waals surface area contributed by atoms with Crippen LogP contribution in [0.25, 0.3) is 144 Å². The van der Waals surface area contributed by atoms with E-state index in [9.17, 15) is 0 Å². The van der Waals surface area contributed by atoms with Gasteiger partial charge in [0.05, 0.1) is 38.8 Å². The van der Waals surface area contributed by atoms with Gasteiger partial charge in [-0.3, -0.25) is 0 Å². The number of rotatable bonds is 8. The molecule has 91 heavy (non-hydrogen) atoms. The minimum Gasteiger partial charge on any atom is -0.455 e. The van der Waals surface area contributed by atoms with E-state index in [2.05, 4.69) is 323 Å². The van der Waals surface area contributed by atoms with Crippen LogP contribution in [0.1, 0.15) is 105 Å². The quantitative estimate of drug-likeness (QED) is 0.152. The van der Waals surface area contributed by atoms with E-state index in [1.165, 1.54) is 44.2 Å². The summed E-state index contributed by atoms with van der Waals surface area (Å²) in [7, 11) is 0. The molecule has 0 saturated heterocycles. The molecule has 6 heteroatoms. The van der Waals surface area contributed by atoms with Crippen molar-refractivity contribution in [2.45, 2.75) is 105 Å². The van der Waals surface area contributed by atoms with Gasteiger partial charge in [0.1, 0.15) is 11.2 Å². The third-order valence-corrected chi connectivity index (χ3v) is 18.6. The van der Waals surface area contributed by atoms with Crippen LogP contribution >= 0.6 is 0 Å². The SMILES string of the molecule is CC(C)(C)c1cc(-c2nc(-c3cc(C(C)(C)C)cc(C(C)(C)C)c3)nc(-c3ccc(-n4c5ccc(-c6ccccc6)cc5c5cc(-c6ccccc6)ccc54)c(-c4ccccc4-n4c5ccccc5c5c6oc7ccccc7c6ccc54)c3)n2)cc(C(C)(C)C)c1. The van der Waals surface area contributed by atoms with E-state index in [0.29, 0.717) is 17.5 Å². The predicted octanol–water partition coefficient (Wildman–Crippen LogP) is 23.2. The standard InChI is InChI=1S/C85H75N5O/c1-82(2,3)59-43-57(44-60(50-59)83(4,5)6)80-86-79(87-81(88-80)58-45-61(84(7,8)9)51-62(46-58)85(10,11)12)56-37-41-72(89-73-39-35-54(52-25-15-13-16-26-52)47-68(73)69-48-55(36-40-74(69)89)53-27-17-14-18-28-53)67(49-56)63-29-19-22-32-70(63)90-71-33-23-20-31-66(71)77-75(90)42-38-65-64-30-21-24-34-76(64)91-78(65)77/h13-51H,1-12H3. The fourth-order valence-electron chi connectivity index (χ4n) is 13.4. The first kappa shape index (κ1) is 57.3. The summed E-state index contributed by atoms with van der Waals surface area (Å²) in [6, 6.07) is 86.7. The van der Waals surface area contributed by atoms with Crippen molar-refractivity contribution in [3.05, 3.63) is 259 Å². The molecule has 0 saturated carbocycles. The Morgan fingerprint density at radius 1 is 0.275 bits per heavy atom. The maximum Gasteiger partial charge on any atom is 0.164 e. The second kappa shape index (κ2) is 21.2. The van der Waals surface area contributed by atoms with Crippen LogP contribution in [0.15, 0.2) is 241 Å². The Morgan fingerprint density at radius 3 is 1.23 bits per heavy atom. The van der Waals surface area contributed by atoms with Crippen LogP contribution in [0.2, 0.25) is 0 Å². The van der Waals surface area contributed by atoms with Gasteiger partial charge in [0, 0.05) is 54.7 Å². The Bertz CT molecular complexity index is 5120. The number of benzene rings is 11. The van der Waals surface area contributed by atoms with E-state index in [0.717, 1.165) is 105 Å². The molecule has 4 aromatic heterocycles. The van der Waals surface area contributed by atoms with Crippen LogP contribution in [0.4, 0.5) is 0 Å². The zero-order valence-corrected chi connectivity index (χ0v) is 54.2. The van der Waals surface area contributed by atoms with Crippen molar-refractivity contribution in [3.8, 4) is 78.9 Å². The van der Waals surface area contributed by atoms with Gasteiger partial charge in [-0.05, 0) is 163 Å². The molecule has 6 nitrogen and oxygen atoms in total. The van der Waals surface area contributed by atoms with Crippen LogP contribution < -0.4 is 0 Å². The normalized spacial score (nSPS) is 12.6. The molecule has 0 unspecified atom stereocenters. The summed E-state index contributed by atoms with van der Waals surface area (Å²) in [6.45, 7) is 27.5. The second-order valence-electron chi connectivity index (χ2n) is 29.0. The second-order valence-corrected chi connectivity index (χ2v) is 29.0. The number of aromatic nitrogens is 5. The van der Waals surface area contributed by atoms with Crippen LogP contribution in [-0.4, -0.2) is 24.1 Å². The topological polar surface area (TPSA) is 61.7 Å². The molecule has 4 heterocycles. The molecule has 0 amide bonds. The summed E-state index contributed by atoms with van der Waals surface area (Å²) in [5.74, 6) is 1.86. The van der Waals surface area contributed by atoms with Gasteiger partial charge in [-0.2, -0.15) is 0 Å². The van der Waals surface area contributed by atoms with Gasteiger partial charge < -0.3 is 13.6 Å². The van der Waals surface area contributed by atoms with E-state index in [1.807, 2.05) is 6.07 Å². The van der Waals surface area contributed by atoms with Gasteiger partial charge in [-0.25, -0.2) is 15.0 Å².